The van der Waals surface area contributed by atoms with Crippen molar-refractivity contribution in [3.8, 4) is 0 Å². The lowest BCUT2D eigenvalue weighted by Gasteiger charge is -2.10. The van der Waals surface area contributed by atoms with Crippen LogP contribution >= 0.6 is 0 Å². The van der Waals surface area contributed by atoms with Crippen LogP contribution in [0.5, 0.6) is 0 Å². The van der Waals surface area contributed by atoms with E-state index in [2.05, 4.69) is 12.1 Å². The van der Waals surface area contributed by atoms with E-state index in [4.69, 9.17) is 0 Å². The fraction of sp³-hybridized carbons (Fsp3) is 0.400. The molecule has 1 aromatic carbocycles. The summed E-state index contributed by atoms with van der Waals surface area (Å²) in [6.07, 6.45) is 2.60. The Balaban J connectivity index is 2.15. The molecule has 1 unspecified atom stereocenters. The van der Waals surface area contributed by atoms with Gasteiger partial charge in [0.2, 0.25) is 9.76 Å². The summed E-state index contributed by atoms with van der Waals surface area (Å²) < 4.78 is 0. The van der Waals surface area contributed by atoms with Gasteiger partial charge in [0, 0.05) is 5.54 Å². The van der Waals surface area contributed by atoms with E-state index in [0.717, 1.165) is 5.92 Å². The first-order valence-electron chi connectivity index (χ1n) is 4.36. The molecule has 0 bridgehead atoms. The summed E-state index contributed by atoms with van der Waals surface area (Å²) in [6.45, 7) is 0. The van der Waals surface area contributed by atoms with Crippen LogP contribution in [-0.2, 0) is 0 Å². The average molecular weight is 176 g/mol. The van der Waals surface area contributed by atoms with E-state index in [1.807, 2.05) is 18.2 Å². The van der Waals surface area contributed by atoms with Gasteiger partial charge < -0.3 is 4.80 Å². The van der Waals surface area contributed by atoms with E-state index >= 15 is 0 Å². The van der Waals surface area contributed by atoms with Gasteiger partial charge in [-0.2, -0.15) is 0 Å². The summed E-state index contributed by atoms with van der Waals surface area (Å²) in [5.41, 5.74) is 1.73. The molecule has 2 rings (SSSR count). The highest BCUT2D eigenvalue weighted by atomic mass is 28.2. The van der Waals surface area contributed by atoms with Gasteiger partial charge in [0.15, 0.2) is 0 Å². The molecule has 1 aromatic rings. The SMILES string of the molecule is O[Si]C(c1ccccc1)C1CC1. The maximum Gasteiger partial charge on any atom is 0.232 e. The molecule has 1 N–H and O–H groups in total. The van der Waals surface area contributed by atoms with Crippen molar-refractivity contribution in [2.45, 2.75) is 18.4 Å². The van der Waals surface area contributed by atoms with Gasteiger partial charge in [-0.05, 0) is 24.3 Å². The zero-order chi connectivity index (χ0) is 8.39. The molecule has 1 aliphatic carbocycles. The molecule has 0 aliphatic heterocycles. The van der Waals surface area contributed by atoms with Crippen LogP contribution in [0.25, 0.3) is 0 Å². The summed E-state index contributed by atoms with van der Waals surface area (Å²) in [5, 5.41) is 0. The van der Waals surface area contributed by atoms with Crippen LogP contribution in [0.2, 0.25) is 0 Å². The van der Waals surface area contributed by atoms with Crippen molar-refractivity contribution in [2.75, 3.05) is 0 Å². The van der Waals surface area contributed by atoms with Gasteiger partial charge in [0.25, 0.3) is 0 Å². The van der Waals surface area contributed by atoms with Crippen LogP contribution in [-0.4, -0.2) is 14.6 Å². The lowest BCUT2D eigenvalue weighted by atomic mass is 10.1. The van der Waals surface area contributed by atoms with Crippen molar-refractivity contribution >= 4 is 9.76 Å². The van der Waals surface area contributed by atoms with Gasteiger partial charge >= 0.3 is 0 Å². The largest absolute Gasteiger partial charge is 0.431 e. The summed E-state index contributed by atoms with van der Waals surface area (Å²) >= 11 is 0. The van der Waals surface area contributed by atoms with Crippen LogP contribution in [0, 0.1) is 5.92 Å². The van der Waals surface area contributed by atoms with Crippen molar-refractivity contribution < 1.29 is 4.80 Å². The van der Waals surface area contributed by atoms with Crippen molar-refractivity contribution in [1.82, 2.24) is 0 Å². The van der Waals surface area contributed by atoms with Crippen LogP contribution < -0.4 is 0 Å². The maximum atomic E-state index is 9.22. The monoisotopic (exact) mass is 176 g/mol. The fourth-order valence-corrected chi connectivity index (χ4v) is 2.43. The summed E-state index contributed by atoms with van der Waals surface area (Å²) in [7, 11) is 0.0692. The van der Waals surface area contributed by atoms with E-state index in [9.17, 15) is 4.80 Å². The molecule has 1 fully saturated rings. The Morgan fingerprint density at radius 2 is 1.92 bits per heavy atom. The zero-order valence-corrected chi connectivity index (χ0v) is 7.90. The van der Waals surface area contributed by atoms with Gasteiger partial charge in [0.1, 0.15) is 0 Å². The van der Waals surface area contributed by atoms with Crippen molar-refractivity contribution in [3.63, 3.8) is 0 Å². The molecule has 2 radical (unpaired) electrons. The highest BCUT2D eigenvalue weighted by Gasteiger charge is 2.32. The van der Waals surface area contributed by atoms with Crippen LogP contribution in [0.3, 0.4) is 0 Å². The molecule has 12 heavy (non-hydrogen) atoms. The van der Waals surface area contributed by atoms with Crippen LogP contribution in [0.15, 0.2) is 30.3 Å². The summed E-state index contributed by atoms with van der Waals surface area (Å²) in [5.74, 6) is 0.760. The third kappa shape index (κ3) is 1.59. The second-order valence-corrected chi connectivity index (χ2v) is 4.24. The van der Waals surface area contributed by atoms with Crippen molar-refractivity contribution in [3.05, 3.63) is 35.9 Å². The molecule has 0 amide bonds. The van der Waals surface area contributed by atoms with Crippen LogP contribution in [0.1, 0.15) is 23.9 Å². The van der Waals surface area contributed by atoms with Crippen molar-refractivity contribution in [2.24, 2.45) is 5.92 Å². The summed E-state index contributed by atoms with van der Waals surface area (Å²) in [6, 6.07) is 10.3. The highest BCUT2D eigenvalue weighted by molar-refractivity contribution is 6.28. The molecule has 1 aliphatic rings. The predicted octanol–water partition coefficient (Wildman–Crippen LogP) is 1.75. The topological polar surface area (TPSA) is 20.2 Å². The Morgan fingerprint density at radius 1 is 1.25 bits per heavy atom. The molecule has 1 nitrogen and oxygen atoms in total. The number of rotatable bonds is 3. The molecule has 0 heterocycles. The Kier molecular flexibility index (Phi) is 2.28. The highest BCUT2D eigenvalue weighted by Crippen LogP contribution is 2.41. The lowest BCUT2D eigenvalue weighted by Crippen LogP contribution is -2.09. The first kappa shape index (κ1) is 8.02. The van der Waals surface area contributed by atoms with E-state index in [0.29, 0.717) is 5.54 Å². The predicted molar refractivity (Wildman–Crippen MR) is 49.9 cm³/mol. The zero-order valence-electron chi connectivity index (χ0n) is 6.90. The molecule has 62 valence electrons. The van der Waals surface area contributed by atoms with Gasteiger partial charge in [0.05, 0.1) is 0 Å². The maximum absolute atomic E-state index is 9.22. The Morgan fingerprint density at radius 3 is 2.42 bits per heavy atom. The quantitative estimate of drug-likeness (QED) is 0.696. The number of hydrogen-bond acceptors (Lipinski definition) is 1. The smallest absolute Gasteiger partial charge is 0.232 e. The van der Waals surface area contributed by atoms with Crippen molar-refractivity contribution in [1.29, 1.82) is 0 Å². The Hall–Kier alpha value is -0.603. The molecular weight excluding hydrogens is 164 g/mol. The van der Waals surface area contributed by atoms with Crippen LogP contribution in [0.4, 0.5) is 0 Å². The molecule has 1 saturated carbocycles. The molecule has 0 aromatic heterocycles. The third-order valence-electron chi connectivity index (χ3n) is 2.39. The van der Waals surface area contributed by atoms with E-state index in [-0.39, 0.29) is 9.76 Å². The van der Waals surface area contributed by atoms with E-state index < -0.39 is 0 Å². The lowest BCUT2D eigenvalue weighted by molar-refractivity contribution is 0.566. The normalized spacial score (nSPS) is 19.1. The second-order valence-electron chi connectivity index (χ2n) is 3.35. The average Bonchev–Trinajstić information content (AvgIpc) is 2.92. The minimum absolute atomic E-state index is 0.0692. The molecular formula is C10H12OSi. The molecule has 0 spiro atoms. The van der Waals surface area contributed by atoms with Gasteiger partial charge in [-0.1, -0.05) is 30.3 Å². The van der Waals surface area contributed by atoms with E-state index in [1.54, 1.807) is 0 Å². The standard InChI is InChI=1S/C10H12OSi/c11-12-10(9-6-7-9)8-4-2-1-3-5-8/h1-5,9-11H,6-7H2. The first-order valence-corrected chi connectivity index (χ1v) is 5.39. The Bertz CT molecular complexity index is 243. The second kappa shape index (κ2) is 3.41. The first-order chi connectivity index (χ1) is 5.92. The minimum atomic E-state index is 0.0692. The van der Waals surface area contributed by atoms with E-state index in [1.165, 1.54) is 18.4 Å². The number of hydrogen-bond donors (Lipinski definition) is 1. The third-order valence-corrected chi connectivity index (χ3v) is 3.47. The van der Waals surface area contributed by atoms with Gasteiger partial charge in [-0.15, -0.1) is 0 Å². The van der Waals surface area contributed by atoms with Gasteiger partial charge in [-0.3, -0.25) is 0 Å². The molecule has 2 heteroatoms. The molecule has 1 atom stereocenters. The minimum Gasteiger partial charge on any atom is -0.431 e. The summed E-state index contributed by atoms with van der Waals surface area (Å²) in [4.78, 5) is 9.22. The van der Waals surface area contributed by atoms with Gasteiger partial charge in [-0.25, -0.2) is 0 Å². The molecule has 0 saturated heterocycles. The number of benzene rings is 1. The Labute approximate surface area is 75.4 Å². The fourth-order valence-electron chi connectivity index (χ4n) is 1.54.